The molecule has 0 radical (unpaired) electrons. The summed E-state index contributed by atoms with van der Waals surface area (Å²) in [6, 6.07) is 16.2. The molecular formula is C36H30ClF2N7O5S. The van der Waals surface area contributed by atoms with Gasteiger partial charge < -0.3 is 24.4 Å². The number of aromatic nitrogens is 2. The van der Waals surface area contributed by atoms with E-state index >= 15 is 8.78 Å². The zero-order valence-electron chi connectivity index (χ0n) is 28.0. The Labute approximate surface area is 305 Å². The number of carbonyl (C=O) groups excluding carboxylic acids is 2. The quantitative estimate of drug-likeness (QED) is 0.173. The van der Waals surface area contributed by atoms with Gasteiger partial charge in [-0.15, -0.1) is 0 Å². The molecule has 5 aromatic rings. The fraction of sp³-hybridized carbons (Fsp3) is 0.278. The number of amides is 2. The number of hydrogen-bond acceptors (Lipinski definition) is 11. The number of rotatable bonds is 6. The summed E-state index contributed by atoms with van der Waals surface area (Å²) in [5, 5.41) is 33.1. The third kappa shape index (κ3) is 7.19. The summed E-state index contributed by atoms with van der Waals surface area (Å²) in [5.74, 6) is -2.40. The molecule has 12 nitrogen and oxygen atoms in total. The van der Waals surface area contributed by atoms with Gasteiger partial charge in [0.15, 0.2) is 10.9 Å². The number of benzene rings is 3. The molecule has 1 aliphatic rings. The molecule has 6 rings (SSSR count). The van der Waals surface area contributed by atoms with Crippen molar-refractivity contribution in [3.8, 4) is 29.1 Å². The van der Waals surface area contributed by atoms with E-state index in [1.54, 1.807) is 25.7 Å². The van der Waals surface area contributed by atoms with Crippen LogP contribution in [0.3, 0.4) is 0 Å². The van der Waals surface area contributed by atoms with Crippen molar-refractivity contribution in [1.82, 2.24) is 14.9 Å². The summed E-state index contributed by atoms with van der Waals surface area (Å²) in [5.41, 5.74) is -0.623. The van der Waals surface area contributed by atoms with Crippen LogP contribution in [0.5, 0.6) is 5.88 Å². The van der Waals surface area contributed by atoms with E-state index in [2.05, 4.69) is 21.4 Å². The van der Waals surface area contributed by atoms with E-state index in [-0.39, 0.29) is 86.3 Å². The van der Waals surface area contributed by atoms with Crippen LogP contribution in [-0.2, 0) is 16.1 Å². The van der Waals surface area contributed by atoms with Crippen LogP contribution in [0.1, 0.15) is 38.3 Å². The van der Waals surface area contributed by atoms with Crippen molar-refractivity contribution in [3.05, 3.63) is 76.3 Å². The lowest BCUT2D eigenvalue weighted by Gasteiger charge is -2.41. The number of piperazine rings is 1. The highest BCUT2D eigenvalue weighted by molar-refractivity contribution is 7.22. The Morgan fingerprint density at radius 2 is 1.87 bits per heavy atom. The van der Waals surface area contributed by atoms with Crippen molar-refractivity contribution >= 4 is 67.1 Å². The number of carbonyl (C=O) groups is 2. The maximum atomic E-state index is 16.7. The first kappa shape index (κ1) is 36.0. The minimum Gasteiger partial charge on any atom is -0.492 e. The van der Waals surface area contributed by atoms with Gasteiger partial charge in [-0.2, -0.15) is 10.5 Å². The van der Waals surface area contributed by atoms with Crippen molar-refractivity contribution in [1.29, 1.82) is 10.5 Å². The Morgan fingerprint density at radius 3 is 2.56 bits per heavy atom. The number of ether oxygens (including phenoxy) is 2. The number of aromatic hydroxyl groups is 1. The Hall–Kier alpha value is -5.77. The first-order valence-corrected chi connectivity index (χ1v) is 17.1. The van der Waals surface area contributed by atoms with E-state index < -0.39 is 41.3 Å². The van der Waals surface area contributed by atoms with E-state index in [0.717, 1.165) is 23.0 Å². The van der Waals surface area contributed by atoms with Crippen molar-refractivity contribution in [2.75, 3.05) is 29.9 Å². The fourth-order valence-corrected chi connectivity index (χ4v) is 7.16. The molecule has 0 bridgehead atoms. The number of halogens is 3. The number of hydrogen-bond donors (Lipinski definition) is 2. The lowest BCUT2D eigenvalue weighted by Crippen LogP contribution is -2.55. The highest BCUT2D eigenvalue weighted by atomic mass is 35.5. The van der Waals surface area contributed by atoms with Crippen LogP contribution >= 0.6 is 22.9 Å². The molecule has 1 aliphatic heterocycles. The van der Waals surface area contributed by atoms with Crippen LogP contribution in [0, 0.1) is 34.3 Å². The second-order valence-electron chi connectivity index (χ2n) is 12.8. The van der Waals surface area contributed by atoms with E-state index in [0.29, 0.717) is 0 Å². The summed E-state index contributed by atoms with van der Waals surface area (Å²) < 4.78 is 42.5. The zero-order valence-corrected chi connectivity index (χ0v) is 29.6. The summed E-state index contributed by atoms with van der Waals surface area (Å²) in [6.45, 7) is 5.31. The molecule has 3 heterocycles. The van der Waals surface area contributed by atoms with Crippen LogP contribution in [-0.4, -0.2) is 63.4 Å². The van der Waals surface area contributed by atoms with Gasteiger partial charge in [0.25, 0.3) is 0 Å². The predicted octanol–water partition coefficient (Wildman–Crippen LogP) is 8.11. The largest absolute Gasteiger partial charge is 0.492 e. The van der Waals surface area contributed by atoms with Crippen molar-refractivity contribution < 1.29 is 33.0 Å². The van der Waals surface area contributed by atoms with Gasteiger partial charge in [-0.1, -0.05) is 53.3 Å². The topological polar surface area (TPSA) is 165 Å². The molecule has 52 heavy (non-hydrogen) atoms. The molecule has 1 fully saturated rings. The predicted molar refractivity (Wildman–Crippen MR) is 191 cm³/mol. The maximum absolute atomic E-state index is 16.7. The van der Waals surface area contributed by atoms with E-state index in [1.165, 1.54) is 17.0 Å². The van der Waals surface area contributed by atoms with E-state index in [1.807, 2.05) is 36.4 Å². The molecule has 0 aliphatic carbocycles. The number of fused-ring (bicyclic) bond motifs is 2. The summed E-state index contributed by atoms with van der Waals surface area (Å²) in [6.07, 6.45) is -1.51. The first-order valence-electron chi connectivity index (χ1n) is 15.9. The van der Waals surface area contributed by atoms with Crippen LogP contribution in [0.4, 0.5) is 29.2 Å². The van der Waals surface area contributed by atoms with Crippen LogP contribution in [0.15, 0.2) is 48.5 Å². The third-order valence-corrected chi connectivity index (χ3v) is 9.45. The second-order valence-corrected chi connectivity index (χ2v) is 14.2. The van der Waals surface area contributed by atoms with Gasteiger partial charge in [0.1, 0.15) is 35.2 Å². The molecule has 0 saturated carbocycles. The number of anilines is 2. The highest BCUT2D eigenvalue weighted by Gasteiger charge is 2.35. The maximum Gasteiger partial charge on any atom is 0.413 e. The molecule has 2 aromatic heterocycles. The van der Waals surface area contributed by atoms with Crippen LogP contribution < -0.4 is 10.2 Å². The normalized spacial score (nSPS) is 14.6. The Balaban J connectivity index is 1.38. The lowest BCUT2D eigenvalue weighted by atomic mass is 9.98. The molecule has 1 saturated heterocycles. The monoisotopic (exact) mass is 745 g/mol. The standard InChI is InChI=1S/C36H30ClF2N7O5S/c1-36(2,3)51-34(48)44-33-43-29-21(9-10-25(38)31(29)52-33)26-24(37)15-22-28(27(26)39)42-32(47)23(16-41)30(22)45-13-14-46(20(17-45)11-12-40)35(49)50-18-19-7-5-4-6-8-19/h4-10,15,20H,11,13-14,17-18H2,1-3H3,(H,42,47)(H,43,44,48)/t20-/m0/s1. The minimum atomic E-state index is -0.984. The van der Waals surface area contributed by atoms with Crippen LogP contribution in [0.25, 0.3) is 32.2 Å². The molecular weight excluding hydrogens is 716 g/mol. The summed E-state index contributed by atoms with van der Waals surface area (Å²) >= 11 is 7.59. The highest BCUT2D eigenvalue weighted by Crippen LogP contribution is 2.45. The van der Waals surface area contributed by atoms with Crippen LogP contribution in [0.2, 0.25) is 5.02 Å². The van der Waals surface area contributed by atoms with E-state index in [4.69, 9.17) is 21.1 Å². The van der Waals surface area contributed by atoms with Gasteiger partial charge in [-0.05, 0) is 44.5 Å². The Kier molecular flexibility index (Phi) is 10.0. The van der Waals surface area contributed by atoms with Crippen molar-refractivity contribution in [2.24, 2.45) is 0 Å². The summed E-state index contributed by atoms with van der Waals surface area (Å²) in [7, 11) is 0. The number of pyridine rings is 1. The van der Waals surface area contributed by atoms with Gasteiger partial charge in [-0.3, -0.25) is 5.32 Å². The second kappa shape index (κ2) is 14.5. The van der Waals surface area contributed by atoms with Gasteiger partial charge in [0.2, 0.25) is 5.88 Å². The average Bonchev–Trinajstić information content (AvgIpc) is 3.52. The lowest BCUT2D eigenvalue weighted by molar-refractivity contribution is 0.0635. The minimum absolute atomic E-state index is 0.000324. The zero-order chi connectivity index (χ0) is 37.3. The molecule has 266 valence electrons. The van der Waals surface area contributed by atoms with E-state index in [9.17, 15) is 25.2 Å². The Morgan fingerprint density at radius 1 is 1.12 bits per heavy atom. The van der Waals surface area contributed by atoms with Gasteiger partial charge >= 0.3 is 12.2 Å². The molecule has 2 amide bonds. The molecule has 2 N–H and O–H groups in total. The molecule has 16 heteroatoms. The molecule has 0 spiro atoms. The molecule has 0 unspecified atom stereocenters. The van der Waals surface area contributed by atoms with Gasteiger partial charge in [0, 0.05) is 36.1 Å². The average molecular weight is 746 g/mol. The fourth-order valence-electron chi connectivity index (χ4n) is 5.98. The third-order valence-electron chi connectivity index (χ3n) is 8.18. The number of nitrogens with one attached hydrogen (secondary N) is 1. The number of nitrogens with zero attached hydrogens (tertiary/aromatic N) is 6. The SMILES string of the molecule is CC(C)(C)OC(=O)Nc1nc2c(-c3c(Cl)cc4c(N5CCN(C(=O)OCc6ccccc6)[C@@H](CC#N)C5)c(C#N)c(O)nc4c3F)ccc(F)c2s1. The molecule has 1 atom stereocenters. The van der Waals surface area contributed by atoms with Crippen molar-refractivity contribution in [3.63, 3.8) is 0 Å². The van der Waals surface area contributed by atoms with Gasteiger partial charge in [0.05, 0.1) is 39.5 Å². The molecule has 3 aromatic carbocycles. The number of thiazole rings is 1. The first-order chi connectivity index (χ1) is 24.8. The van der Waals surface area contributed by atoms with Gasteiger partial charge in [-0.25, -0.2) is 28.3 Å². The summed E-state index contributed by atoms with van der Waals surface area (Å²) in [4.78, 5) is 37.0. The van der Waals surface area contributed by atoms with Crippen molar-refractivity contribution in [2.45, 2.75) is 45.4 Å². The smallest absolute Gasteiger partial charge is 0.413 e. The Bertz CT molecular complexity index is 2300. The number of nitriles is 2.